The lowest BCUT2D eigenvalue weighted by molar-refractivity contribution is -0.0519. The summed E-state index contributed by atoms with van der Waals surface area (Å²) in [6.45, 7) is 11.8. The molecule has 2 atom stereocenters. The summed E-state index contributed by atoms with van der Waals surface area (Å²) in [5.74, 6) is 1.98. The van der Waals surface area contributed by atoms with Crippen LogP contribution < -0.4 is 42.6 Å². The van der Waals surface area contributed by atoms with Crippen molar-refractivity contribution in [1.29, 1.82) is 0 Å². The highest BCUT2D eigenvalue weighted by molar-refractivity contribution is 5.91. The molecule has 0 saturated heterocycles. The van der Waals surface area contributed by atoms with Crippen LogP contribution in [0.1, 0.15) is 152 Å². The van der Waals surface area contributed by atoms with Crippen LogP contribution in [0.5, 0.6) is 51.7 Å². The minimum atomic E-state index is -3.20. The van der Waals surface area contributed by atoms with Crippen molar-refractivity contribution in [2.45, 2.75) is 150 Å². The number of rotatable bonds is 32. The number of carbonyl (C=O) groups excluding carboxylic acids is 1. The Kier molecular flexibility index (Phi) is 22.3. The maximum Gasteiger partial charge on any atom is 0.387 e. The number of fused-ring (bicyclic) bond motifs is 1. The Labute approximate surface area is 396 Å². The van der Waals surface area contributed by atoms with Gasteiger partial charge in [-0.3, -0.25) is 0 Å². The quantitative estimate of drug-likeness (QED) is 0.0345. The van der Waals surface area contributed by atoms with E-state index in [2.05, 4.69) is 27.7 Å². The van der Waals surface area contributed by atoms with Crippen molar-refractivity contribution in [3.8, 4) is 51.7 Å². The number of alkyl halides is 2. The van der Waals surface area contributed by atoms with E-state index in [9.17, 15) is 13.6 Å². The summed E-state index contributed by atoms with van der Waals surface area (Å²) in [6, 6.07) is 19.9. The second kappa shape index (κ2) is 28.6. The maximum atomic E-state index is 14.6. The van der Waals surface area contributed by atoms with Gasteiger partial charge in [-0.15, -0.1) is 0 Å². The molecule has 0 saturated carbocycles. The first-order valence-electron chi connectivity index (χ1n) is 24.5. The van der Waals surface area contributed by atoms with Crippen LogP contribution in [0.3, 0.4) is 0 Å². The van der Waals surface area contributed by atoms with E-state index in [1.807, 2.05) is 68.4 Å². The van der Waals surface area contributed by atoms with Gasteiger partial charge in [0.2, 0.25) is 11.5 Å². The van der Waals surface area contributed by atoms with Crippen molar-refractivity contribution in [2.75, 3.05) is 39.6 Å². The van der Waals surface area contributed by atoms with Crippen molar-refractivity contribution in [2.24, 2.45) is 0 Å². The molecule has 4 aromatic rings. The van der Waals surface area contributed by atoms with E-state index in [-0.39, 0.29) is 49.1 Å². The molecule has 0 radical (unpaired) electrons. The van der Waals surface area contributed by atoms with Gasteiger partial charge in [0, 0.05) is 29.7 Å². The Morgan fingerprint density at radius 2 is 1.07 bits per heavy atom. The minimum absolute atomic E-state index is 0.0000775. The van der Waals surface area contributed by atoms with Crippen LogP contribution in [0.15, 0.2) is 66.7 Å². The lowest BCUT2D eigenvalue weighted by atomic mass is 9.93. The molecule has 0 aromatic heterocycles. The van der Waals surface area contributed by atoms with Crippen LogP contribution in [0, 0.1) is 0 Å². The lowest BCUT2D eigenvalue weighted by Crippen LogP contribution is -2.35. The van der Waals surface area contributed by atoms with Gasteiger partial charge in [-0.25, -0.2) is 4.79 Å². The van der Waals surface area contributed by atoms with Gasteiger partial charge >= 0.3 is 12.6 Å². The van der Waals surface area contributed by atoms with Crippen molar-refractivity contribution in [1.82, 2.24) is 0 Å². The fraction of sp³-hybridized carbons (Fsp3) is 0.537. The predicted molar refractivity (Wildman–Crippen MR) is 255 cm³/mol. The van der Waals surface area contributed by atoms with Crippen molar-refractivity contribution < 1.29 is 60.9 Å². The first kappa shape index (κ1) is 52.4. The van der Waals surface area contributed by atoms with Crippen LogP contribution in [0.25, 0.3) is 0 Å². The number of carbonyl (C=O) groups is 1. The second-order valence-electron chi connectivity index (χ2n) is 16.6. The second-order valence-corrected chi connectivity index (χ2v) is 16.6. The maximum absolute atomic E-state index is 14.6. The van der Waals surface area contributed by atoms with Crippen molar-refractivity contribution in [3.05, 3.63) is 89.0 Å². The zero-order valence-corrected chi connectivity index (χ0v) is 40.5. The van der Waals surface area contributed by atoms with E-state index >= 15 is 0 Å². The Morgan fingerprint density at radius 1 is 0.582 bits per heavy atom. The van der Waals surface area contributed by atoms with Crippen LogP contribution in [-0.2, 0) is 17.8 Å². The topological polar surface area (TPSA) is 109 Å². The molecule has 0 spiro atoms. The number of hydrogen-bond acceptors (Lipinski definition) is 11. The predicted octanol–water partition coefficient (Wildman–Crippen LogP) is 13.8. The Morgan fingerprint density at radius 3 is 1.64 bits per heavy atom. The third kappa shape index (κ3) is 16.0. The Balaban J connectivity index is 1.66. The molecule has 11 nitrogen and oxygen atoms in total. The highest BCUT2D eigenvalue weighted by Crippen LogP contribution is 2.48. The van der Waals surface area contributed by atoms with Gasteiger partial charge in [-0.05, 0) is 68.4 Å². The molecule has 0 bridgehead atoms. The minimum Gasteiger partial charge on any atom is -0.493 e. The van der Waals surface area contributed by atoms with E-state index in [0.717, 1.165) is 69.8 Å². The first-order chi connectivity index (χ1) is 32.7. The normalized spacial score (nSPS) is 14.2. The summed E-state index contributed by atoms with van der Waals surface area (Å²) >= 11 is 0. The standard InChI is InChI=1S/C54H72F2O11/c1-7-13-24-58-41-34-43(59-25-14-8-2)42-36-49(66-53(57)40-32-46(61-27-16-10-4)52(63-29-18-12-6)48(33-40)67-54(55)56)50(65-44(42)35-41)39-30-45(60-26-15-9-3)51(62-28-17-11-5)47(31-39)64-37-38-22-20-19-21-23-38/h19-23,30-35,49-50,54H,7-18,24-29,36-37H2,1-6H3/t49-,50+/m1/s1. The number of benzene rings is 4. The molecular weight excluding hydrogens is 863 g/mol. The third-order valence-corrected chi connectivity index (χ3v) is 11.0. The first-order valence-corrected chi connectivity index (χ1v) is 24.5. The summed E-state index contributed by atoms with van der Waals surface area (Å²) in [7, 11) is 0. The Bertz CT molecular complexity index is 2080. The van der Waals surface area contributed by atoms with Crippen molar-refractivity contribution in [3.63, 3.8) is 0 Å². The van der Waals surface area contributed by atoms with Crippen molar-refractivity contribution >= 4 is 5.97 Å². The van der Waals surface area contributed by atoms with Gasteiger partial charge in [-0.2, -0.15) is 8.78 Å². The van der Waals surface area contributed by atoms with Crippen LogP contribution in [0.4, 0.5) is 8.78 Å². The summed E-state index contributed by atoms with van der Waals surface area (Å²) in [5.41, 5.74) is 2.18. The monoisotopic (exact) mass is 935 g/mol. The largest absolute Gasteiger partial charge is 0.493 e. The van der Waals surface area contributed by atoms with Gasteiger partial charge < -0.3 is 47.4 Å². The van der Waals surface area contributed by atoms with Crippen LogP contribution in [0.2, 0.25) is 0 Å². The van der Waals surface area contributed by atoms with Gasteiger partial charge in [0.25, 0.3) is 0 Å². The molecule has 0 unspecified atom stereocenters. The molecule has 13 heteroatoms. The fourth-order valence-electron chi connectivity index (χ4n) is 7.16. The lowest BCUT2D eigenvalue weighted by Gasteiger charge is -2.35. The average Bonchev–Trinajstić information content (AvgIpc) is 3.32. The molecule has 0 fully saturated rings. The molecular formula is C54H72F2O11. The summed E-state index contributed by atoms with van der Waals surface area (Å²) < 4.78 is 90.6. The average molecular weight is 935 g/mol. The molecule has 5 rings (SSSR count). The van der Waals surface area contributed by atoms with E-state index in [1.54, 1.807) is 0 Å². The molecule has 0 aliphatic carbocycles. The summed E-state index contributed by atoms with van der Waals surface area (Å²) in [4.78, 5) is 14.6. The highest BCUT2D eigenvalue weighted by atomic mass is 19.3. The molecule has 67 heavy (non-hydrogen) atoms. The van der Waals surface area contributed by atoms with Gasteiger partial charge in [0.15, 0.2) is 29.1 Å². The van der Waals surface area contributed by atoms with Crippen LogP contribution in [-0.4, -0.2) is 58.3 Å². The van der Waals surface area contributed by atoms with E-state index in [4.69, 9.17) is 47.4 Å². The molecule has 368 valence electrons. The highest BCUT2D eigenvalue weighted by Gasteiger charge is 2.39. The summed E-state index contributed by atoms with van der Waals surface area (Å²) in [6.07, 6.45) is 8.28. The summed E-state index contributed by atoms with van der Waals surface area (Å²) in [5, 5.41) is 0. The SMILES string of the molecule is CCCCOc1cc(OCCCC)c2c(c1)O[C@@H](c1cc(OCCCC)c(OCCCC)c(OCc3ccccc3)c1)[C@H](OC(=O)c1cc(OCCCC)c(OCCCC)c(OC(F)F)c1)C2. The number of unbranched alkanes of at least 4 members (excludes halogenated alkanes) is 6. The van der Waals surface area contributed by atoms with Gasteiger partial charge in [0.1, 0.15) is 30.0 Å². The van der Waals surface area contributed by atoms with Gasteiger partial charge in [-0.1, -0.05) is 110 Å². The number of halogens is 2. The molecule has 0 N–H and O–H groups in total. The fourth-order valence-corrected chi connectivity index (χ4v) is 7.16. The third-order valence-electron chi connectivity index (χ3n) is 11.0. The number of ether oxygens (including phenoxy) is 10. The molecule has 1 aliphatic heterocycles. The molecule has 1 heterocycles. The smallest absolute Gasteiger partial charge is 0.387 e. The zero-order chi connectivity index (χ0) is 47.8. The zero-order valence-electron chi connectivity index (χ0n) is 40.5. The molecule has 1 aliphatic rings. The van der Waals surface area contributed by atoms with Crippen LogP contribution >= 0.6 is 0 Å². The number of esters is 1. The number of hydrogen-bond donors (Lipinski definition) is 0. The molecule has 0 amide bonds. The van der Waals surface area contributed by atoms with Gasteiger partial charge in [0.05, 0.1) is 45.2 Å². The Hall–Kier alpha value is -5.59. The van der Waals surface area contributed by atoms with E-state index < -0.39 is 24.8 Å². The van der Waals surface area contributed by atoms with E-state index in [1.165, 1.54) is 12.1 Å². The molecule has 4 aromatic carbocycles. The van der Waals surface area contributed by atoms with E-state index in [0.29, 0.717) is 84.9 Å².